The molecule has 4 nitrogen and oxygen atoms in total. The summed E-state index contributed by atoms with van der Waals surface area (Å²) < 4.78 is 5.16. The smallest absolute Gasteiger partial charge is 0.229 e. The number of aliphatic hydroxyl groups excluding tert-OH is 1. The average Bonchev–Trinajstić information content (AvgIpc) is 2.86. The molecule has 90 valence electrons. The van der Waals surface area contributed by atoms with Crippen LogP contribution in [0, 0.1) is 0 Å². The van der Waals surface area contributed by atoms with E-state index in [1.807, 2.05) is 11.8 Å². The molecule has 5 heteroatoms. The Balaban J connectivity index is 1.91. The highest BCUT2D eigenvalue weighted by molar-refractivity contribution is 7.99. The highest BCUT2D eigenvalue weighted by atomic mass is 32.2. The SMILES string of the molecule is CCCC(O)Cc1nc(C2CCCS2)no1. The van der Waals surface area contributed by atoms with Gasteiger partial charge < -0.3 is 9.63 Å². The molecule has 0 bridgehead atoms. The zero-order valence-electron chi connectivity index (χ0n) is 9.56. The molecule has 0 radical (unpaired) electrons. The zero-order valence-corrected chi connectivity index (χ0v) is 10.4. The Morgan fingerprint density at radius 3 is 3.19 bits per heavy atom. The van der Waals surface area contributed by atoms with Crippen molar-refractivity contribution in [3.05, 3.63) is 11.7 Å². The lowest BCUT2D eigenvalue weighted by Crippen LogP contribution is -2.10. The van der Waals surface area contributed by atoms with Gasteiger partial charge >= 0.3 is 0 Å². The molecule has 1 N–H and O–H groups in total. The second-order valence-electron chi connectivity index (χ2n) is 4.19. The van der Waals surface area contributed by atoms with Crippen molar-refractivity contribution in [2.24, 2.45) is 0 Å². The molecule has 2 unspecified atom stereocenters. The summed E-state index contributed by atoms with van der Waals surface area (Å²) in [6.45, 7) is 2.05. The molecule has 2 heterocycles. The predicted octanol–water partition coefficient (Wildman–Crippen LogP) is 2.34. The van der Waals surface area contributed by atoms with E-state index >= 15 is 0 Å². The van der Waals surface area contributed by atoms with Gasteiger partial charge in [0.2, 0.25) is 5.89 Å². The van der Waals surface area contributed by atoms with Gasteiger partial charge in [-0.3, -0.25) is 0 Å². The molecular formula is C11H18N2O2S. The number of thioether (sulfide) groups is 1. The highest BCUT2D eigenvalue weighted by Crippen LogP contribution is 2.38. The van der Waals surface area contributed by atoms with Crippen LogP contribution in [0.4, 0.5) is 0 Å². The maximum atomic E-state index is 9.64. The van der Waals surface area contributed by atoms with Gasteiger partial charge in [0.25, 0.3) is 0 Å². The van der Waals surface area contributed by atoms with E-state index in [4.69, 9.17) is 4.52 Å². The Labute approximate surface area is 99.8 Å². The molecule has 1 aliphatic rings. The third kappa shape index (κ3) is 2.98. The van der Waals surface area contributed by atoms with Crippen molar-refractivity contribution in [3.8, 4) is 0 Å². The van der Waals surface area contributed by atoms with Crippen LogP contribution in [0.2, 0.25) is 0 Å². The van der Waals surface area contributed by atoms with Crippen molar-refractivity contribution in [1.82, 2.24) is 10.1 Å². The van der Waals surface area contributed by atoms with E-state index < -0.39 is 0 Å². The van der Waals surface area contributed by atoms with Crippen LogP contribution in [0.15, 0.2) is 4.52 Å². The van der Waals surface area contributed by atoms with Gasteiger partial charge in [-0.1, -0.05) is 18.5 Å². The summed E-state index contributed by atoms with van der Waals surface area (Å²) >= 11 is 1.89. The van der Waals surface area contributed by atoms with Crippen LogP contribution in [-0.2, 0) is 6.42 Å². The number of hydrogen-bond acceptors (Lipinski definition) is 5. The minimum absolute atomic E-state index is 0.352. The monoisotopic (exact) mass is 242 g/mol. The molecule has 1 aromatic heterocycles. The largest absolute Gasteiger partial charge is 0.393 e. The van der Waals surface area contributed by atoms with Crippen LogP contribution in [0.5, 0.6) is 0 Å². The molecule has 1 saturated heterocycles. The fourth-order valence-corrected chi connectivity index (χ4v) is 3.10. The Bertz CT molecular complexity index is 324. The van der Waals surface area contributed by atoms with Gasteiger partial charge in [-0.05, 0) is 25.0 Å². The normalized spacial score (nSPS) is 22.5. The number of rotatable bonds is 5. The van der Waals surface area contributed by atoms with Gasteiger partial charge in [-0.25, -0.2) is 0 Å². The van der Waals surface area contributed by atoms with Gasteiger partial charge in [0, 0.05) is 0 Å². The van der Waals surface area contributed by atoms with E-state index in [0.717, 1.165) is 25.1 Å². The fraction of sp³-hybridized carbons (Fsp3) is 0.818. The second kappa shape index (κ2) is 5.68. The van der Waals surface area contributed by atoms with E-state index in [2.05, 4.69) is 17.1 Å². The average molecular weight is 242 g/mol. The summed E-state index contributed by atoms with van der Waals surface area (Å²) in [4.78, 5) is 4.36. The third-order valence-electron chi connectivity index (χ3n) is 2.73. The molecule has 1 fully saturated rings. The van der Waals surface area contributed by atoms with Crippen LogP contribution in [0.25, 0.3) is 0 Å². The fourth-order valence-electron chi connectivity index (χ4n) is 1.90. The summed E-state index contributed by atoms with van der Waals surface area (Å²) in [6, 6.07) is 0. The maximum absolute atomic E-state index is 9.64. The molecule has 0 aromatic carbocycles. The van der Waals surface area contributed by atoms with Crippen LogP contribution in [-0.4, -0.2) is 27.1 Å². The van der Waals surface area contributed by atoms with Crippen molar-refractivity contribution in [2.45, 2.75) is 50.4 Å². The maximum Gasteiger partial charge on any atom is 0.229 e. The van der Waals surface area contributed by atoms with Gasteiger partial charge in [0.05, 0.1) is 17.8 Å². The summed E-state index contributed by atoms with van der Waals surface area (Å²) in [5.74, 6) is 2.57. The van der Waals surface area contributed by atoms with E-state index in [0.29, 0.717) is 17.6 Å². The molecule has 0 spiro atoms. The molecule has 0 saturated carbocycles. The summed E-state index contributed by atoms with van der Waals surface area (Å²) in [6.07, 6.45) is 4.27. The van der Waals surface area contributed by atoms with Gasteiger partial charge in [0.15, 0.2) is 5.82 Å². The Kier molecular flexibility index (Phi) is 4.23. The quantitative estimate of drug-likeness (QED) is 0.858. The third-order valence-corrected chi connectivity index (χ3v) is 4.11. The topological polar surface area (TPSA) is 59.2 Å². The molecule has 2 rings (SSSR count). The lowest BCUT2D eigenvalue weighted by Gasteiger charge is -2.04. The van der Waals surface area contributed by atoms with Crippen molar-refractivity contribution < 1.29 is 9.63 Å². The van der Waals surface area contributed by atoms with Crippen LogP contribution in [0.3, 0.4) is 0 Å². The van der Waals surface area contributed by atoms with E-state index in [-0.39, 0.29) is 6.10 Å². The molecule has 16 heavy (non-hydrogen) atoms. The lowest BCUT2D eigenvalue weighted by molar-refractivity contribution is 0.151. The summed E-state index contributed by atoms with van der Waals surface area (Å²) in [5, 5.41) is 14.0. The van der Waals surface area contributed by atoms with Crippen LogP contribution >= 0.6 is 11.8 Å². The first-order chi connectivity index (χ1) is 7.79. The number of aliphatic hydroxyl groups is 1. The Morgan fingerprint density at radius 1 is 1.62 bits per heavy atom. The molecule has 0 aliphatic carbocycles. The van der Waals surface area contributed by atoms with E-state index in [9.17, 15) is 5.11 Å². The Morgan fingerprint density at radius 2 is 2.50 bits per heavy atom. The molecule has 1 aliphatic heterocycles. The number of aromatic nitrogens is 2. The summed E-state index contributed by atoms with van der Waals surface area (Å²) in [5.41, 5.74) is 0. The van der Waals surface area contributed by atoms with Crippen molar-refractivity contribution in [3.63, 3.8) is 0 Å². The molecule has 2 atom stereocenters. The van der Waals surface area contributed by atoms with Gasteiger partial charge in [-0.2, -0.15) is 16.7 Å². The van der Waals surface area contributed by atoms with E-state index in [1.165, 1.54) is 12.2 Å². The second-order valence-corrected chi connectivity index (χ2v) is 5.51. The molecular weight excluding hydrogens is 224 g/mol. The van der Waals surface area contributed by atoms with Crippen molar-refractivity contribution in [1.29, 1.82) is 0 Å². The number of hydrogen-bond donors (Lipinski definition) is 1. The number of nitrogens with zero attached hydrogens (tertiary/aromatic N) is 2. The van der Waals surface area contributed by atoms with Crippen molar-refractivity contribution in [2.75, 3.05) is 5.75 Å². The van der Waals surface area contributed by atoms with Gasteiger partial charge in [-0.15, -0.1) is 0 Å². The first-order valence-corrected chi connectivity index (χ1v) is 6.96. The highest BCUT2D eigenvalue weighted by Gasteiger charge is 2.23. The first kappa shape index (κ1) is 11.9. The summed E-state index contributed by atoms with van der Waals surface area (Å²) in [7, 11) is 0. The van der Waals surface area contributed by atoms with Crippen LogP contribution in [0.1, 0.15) is 49.6 Å². The minimum Gasteiger partial charge on any atom is -0.393 e. The van der Waals surface area contributed by atoms with Gasteiger partial charge in [0.1, 0.15) is 0 Å². The van der Waals surface area contributed by atoms with Crippen LogP contribution < -0.4 is 0 Å². The van der Waals surface area contributed by atoms with Crippen molar-refractivity contribution >= 4 is 11.8 Å². The Hall–Kier alpha value is -0.550. The molecule has 1 aromatic rings. The lowest BCUT2D eigenvalue weighted by atomic mass is 10.1. The zero-order chi connectivity index (χ0) is 11.4. The first-order valence-electron chi connectivity index (χ1n) is 5.91. The minimum atomic E-state index is -0.352. The standard InChI is InChI=1S/C11H18N2O2S/c1-2-4-8(14)7-10-12-11(13-15-10)9-5-3-6-16-9/h8-9,14H,2-7H2,1H3. The van der Waals surface area contributed by atoms with E-state index in [1.54, 1.807) is 0 Å². The predicted molar refractivity (Wildman–Crippen MR) is 63.3 cm³/mol. The molecule has 0 amide bonds.